The fourth-order valence-corrected chi connectivity index (χ4v) is 20.1. The molecule has 6 aromatic carbocycles. The average molecular weight is 1120 g/mol. The predicted octanol–water partition coefficient (Wildman–Crippen LogP) is 13.4. The largest absolute Gasteiger partial charge is 0.497 e. The van der Waals surface area contributed by atoms with Crippen LogP contribution in [0.1, 0.15) is 87.9 Å². The molecule has 11 rings (SSSR count). The molecule has 12 heteroatoms. The zero-order chi connectivity index (χ0) is 53.0. The summed E-state index contributed by atoms with van der Waals surface area (Å²) in [4.78, 5) is 41.1. The topological polar surface area (TPSA) is 88.1 Å². The molecule has 76 heavy (non-hydrogen) atoms. The number of carbonyl (C=O) groups is 3. The standard InChI is InChI=1S/C18H19O2S.C13H17O2S.C12H17OS.C11H13OS.C10H13OS/c19-18(15-7-3-1-4-8-15)20-16-9-11-17(12-10-16)21-13-5-2-6-14-21;1-11(14)15-12-5-7-13(8-6-12)16-9-3-2-4-10-16;1-13-11-5-7-12(8-6-11)14-9-3-2-4-10-14;12-10-6-8-13(9-7-10)11-4-2-1-3-5-11;1-2-4-10(5-3-1)12-8-6-11-7-9-12/h1,3-4,7-12H,2,5-6,13-14H2;5-8H,2-4,9-10H2,1H3;5-8H,2-4,9-10H2,1H3;1-5H,6-9H2;1-5H,6-9H2/q5*+1. The number of ketones is 1. The van der Waals surface area contributed by atoms with Crippen molar-refractivity contribution in [3.05, 3.63) is 169 Å². The second kappa shape index (κ2) is 33.7. The molecule has 7 nitrogen and oxygen atoms in total. The fraction of sp³-hybridized carbons (Fsp3) is 0.391. The fourth-order valence-electron chi connectivity index (χ4n) is 9.20. The van der Waals surface area contributed by atoms with Gasteiger partial charge in [-0.2, -0.15) is 0 Å². The van der Waals surface area contributed by atoms with E-state index in [1.807, 2.05) is 48.5 Å². The first-order valence-corrected chi connectivity index (χ1v) is 35.0. The highest BCUT2D eigenvalue weighted by Gasteiger charge is 2.29. The van der Waals surface area contributed by atoms with Gasteiger partial charge in [0, 0.05) is 61.4 Å². The van der Waals surface area contributed by atoms with Crippen LogP contribution in [0.4, 0.5) is 0 Å². The molecular formula is C64H79O7S5+5. The maximum Gasteiger partial charge on any atom is 0.343 e. The zero-order valence-corrected chi connectivity index (χ0v) is 48.8. The Labute approximate surface area is 468 Å². The third-order valence-corrected chi connectivity index (χ3v) is 25.5. The molecule has 0 aliphatic carbocycles. The van der Waals surface area contributed by atoms with Gasteiger partial charge in [-0.3, -0.25) is 9.59 Å². The molecule has 5 aliphatic heterocycles. The Morgan fingerprint density at radius 2 is 0.711 bits per heavy atom. The van der Waals surface area contributed by atoms with Crippen molar-refractivity contribution < 1.29 is 33.3 Å². The van der Waals surface area contributed by atoms with Gasteiger partial charge in [0.1, 0.15) is 80.6 Å². The van der Waals surface area contributed by atoms with Crippen LogP contribution >= 0.6 is 0 Å². The molecule has 0 saturated carbocycles. The van der Waals surface area contributed by atoms with Crippen molar-refractivity contribution >= 4 is 72.2 Å². The number of Topliss-reactive ketones (excluding diaryl/α,β-unsaturated/α-hetero) is 1. The highest BCUT2D eigenvalue weighted by Crippen LogP contribution is 2.28. The van der Waals surface area contributed by atoms with Gasteiger partial charge in [0.05, 0.1) is 38.7 Å². The molecular weight excluding hydrogens is 1040 g/mol. The summed E-state index contributed by atoms with van der Waals surface area (Å²) in [6.07, 6.45) is 14.0. The molecule has 0 spiro atoms. The summed E-state index contributed by atoms with van der Waals surface area (Å²) in [6, 6.07) is 55.1. The average Bonchev–Trinajstić information content (AvgIpc) is 3.50. The van der Waals surface area contributed by atoms with E-state index in [0.717, 1.165) is 43.3 Å². The first kappa shape index (κ1) is 59.1. The van der Waals surface area contributed by atoms with Gasteiger partial charge in [-0.05, 0) is 167 Å². The Bertz CT molecular complexity index is 2550. The smallest absolute Gasteiger partial charge is 0.343 e. The molecule has 0 atom stereocenters. The van der Waals surface area contributed by atoms with Gasteiger partial charge in [0.25, 0.3) is 0 Å². The van der Waals surface area contributed by atoms with Crippen LogP contribution in [0, 0.1) is 0 Å². The van der Waals surface area contributed by atoms with Crippen LogP contribution in [0.3, 0.4) is 0 Å². The van der Waals surface area contributed by atoms with Crippen molar-refractivity contribution in [2.75, 3.05) is 77.9 Å². The van der Waals surface area contributed by atoms with Crippen LogP contribution in [0.25, 0.3) is 0 Å². The first-order valence-electron chi connectivity index (χ1n) is 27.2. The summed E-state index contributed by atoms with van der Waals surface area (Å²) in [5, 5.41) is 0. The van der Waals surface area contributed by atoms with Gasteiger partial charge < -0.3 is 18.9 Å². The lowest BCUT2D eigenvalue weighted by atomic mass is 10.2. The van der Waals surface area contributed by atoms with Crippen molar-refractivity contribution in [3.63, 3.8) is 0 Å². The van der Waals surface area contributed by atoms with Crippen LogP contribution in [0.15, 0.2) is 188 Å². The van der Waals surface area contributed by atoms with Gasteiger partial charge in [0.15, 0.2) is 24.5 Å². The number of benzene rings is 6. The van der Waals surface area contributed by atoms with Crippen molar-refractivity contribution in [2.24, 2.45) is 0 Å². The lowest BCUT2D eigenvalue weighted by Crippen LogP contribution is -2.26. The SMILES string of the molecule is CC(=O)Oc1ccc([S+]2CCCCC2)cc1.COc1ccc([S+]2CCCCC2)cc1.O=C(Oc1ccc([S+]2CCCCC2)cc1)c1ccccc1.O=C1CC[S+](c2ccccc2)CC1.c1ccc([S+]2CCOCC2)cc1. The Morgan fingerprint density at radius 1 is 0.382 bits per heavy atom. The van der Waals surface area contributed by atoms with Crippen molar-refractivity contribution in [1.29, 1.82) is 0 Å². The van der Waals surface area contributed by atoms with E-state index in [-0.39, 0.29) is 11.9 Å². The van der Waals surface area contributed by atoms with Crippen LogP contribution in [0.5, 0.6) is 17.2 Å². The molecule has 0 unspecified atom stereocenters. The molecule has 402 valence electrons. The summed E-state index contributed by atoms with van der Waals surface area (Å²) in [6.45, 7) is 3.31. The Hall–Kier alpha value is -4.56. The summed E-state index contributed by atoms with van der Waals surface area (Å²) < 4.78 is 20.9. The van der Waals surface area contributed by atoms with Crippen molar-refractivity contribution in [1.82, 2.24) is 0 Å². The minimum Gasteiger partial charge on any atom is -0.497 e. The quantitative estimate of drug-likeness (QED) is 0.0809. The summed E-state index contributed by atoms with van der Waals surface area (Å²) in [5.74, 6) is 14.8. The third kappa shape index (κ3) is 20.7. The predicted molar refractivity (Wildman–Crippen MR) is 325 cm³/mol. The van der Waals surface area contributed by atoms with Gasteiger partial charge in [-0.1, -0.05) is 54.6 Å². The van der Waals surface area contributed by atoms with Gasteiger partial charge in [-0.15, -0.1) is 0 Å². The van der Waals surface area contributed by atoms with E-state index in [1.165, 1.54) is 135 Å². The second-order valence-corrected chi connectivity index (χ2v) is 30.3. The number of rotatable bonds is 9. The number of hydrogen-bond acceptors (Lipinski definition) is 7. The maximum atomic E-state index is 12.0. The Morgan fingerprint density at radius 3 is 1.09 bits per heavy atom. The lowest BCUT2D eigenvalue weighted by molar-refractivity contribution is -0.131. The number of methoxy groups -OCH3 is 1. The molecule has 6 aromatic rings. The van der Waals surface area contributed by atoms with E-state index in [0.29, 0.717) is 77.3 Å². The monoisotopic (exact) mass is 1120 g/mol. The van der Waals surface area contributed by atoms with Crippen molar-refractivity contribution in [3.8, 4) is 17.2 Å². The number of carbonyl (C=O) groups excluding carboxylic acids is 3. The third-order valence-electron chi connectivity index (χ3n) is 13.4. The van der Waals surface area contributed by atoms with E-state index < -0.39 is 0 Å². The minimum absolute atomic E-state index is 0.257. The number of hydrogen-bond donors (Lipinski definition) is 0. The van der Waals surface area contributed by atoms with E-state index in [9.17, 15) is 14.4 Å². The molecule has 5 saturated heterocycles. The highest BCUT2D eigenvalue weighted by molar-refractivity contribution is 7.98. The van der Waals surface area contributed by atoms with E-state index >= 15 is 0 Å². The Kier molecular flexibility index (Phi) is 26.2. The van der Waals surface area contributed by atoms with Crippen LogP contribution < -0.4 is 14.2 Å². The van der Waals surface area contributed by atoms with E-state index in [1.54, 1.807) is 19.2 Å². The highest BCUT2D eigenvalue weighted by atomic mass is 32.2. The molecule has 0 N–H and O–H groups in total. The lowest BCUT2D eigenvalue weighted by Gasteiger charge is -2.13. The van der Waals surface area contributed by atoms with Crippen LogP contribution in [-0.4, -0.2) is 95.6 Å². The van der Waals surface area contributed by atoms with Gasteiger partial charge >= 0.3 is 11.9 Å². The summed E-state index contributed by atoms with van der Waals surface area (Å²) >= 11 is 0. The molecule has 5 aliphatic rings. The minimum atomic E-state index is -0.302. The number of esters is 2. The molecule has 0 aromatic heterocycles. The number of ether oxygens (including phenoxy) is 4. The maximum absolute atomic E-state index is 12.0. The van der Waals surface area contributed by atoms with E-state index in [2.05, 4.69) is 103 Å². The molecule has 0 amide bonds. The van der Waals surface area contributed by atoms with Crippen LogP contribution in [0.2, 0.25) is 0 Å². The summed E-state index contributed by atoms with van der Waals surface area (Å²) in [5.41, 5.74) is 0.579. The molecule has 5 fully saturated rings. The van der Waals surface area contributed by atoms with Gasteiger partial charge in [0.2, 0.25) is 0 Å². The van der Waals surface area contributed by atoms with E-state index in [4.69, 9.17) is 18.9 Å². The summed E-state index contributed by atoms with van der Waals surface area (Å²) in [7, 11) is 3.89. The van der Waals surface area contributed by atoms with Crippen LogP contribution in [-0.2, 0) is 68.8 Å². The van der Waals surface area contributed by atoms with Gasteiger partial charge in [-0.25, -0.2) is 4.79 Å². The molecule has 0 radical (unpaired) electrons. The normalized spacial score (nSPS) is 17.5. The molecule has 0 bridgehead atoms. The first-order chi connectivity index (χ1) is 37.3. The Balaban J connectivity index is 0.000000140. The zero-order valence-electron chi connectivity index (χ0n) is 44.8. The molecule has 5 heterocycles. The van der Waals surface area contributed by atoms with Crippen molar-refractivity contribution in [2.45, 2.75) is 102 Å². The second-order valence-electron chi connectivity index (χ2n) is 18.9.